The van der Waals surface area contributed by atoms with Gasteiger partial charge in [-0.15, -0.1) is 12.6 Å². The molecular formula is C9H9FOS. The van der Waals surface area contributed by atoms with E-state index in [4.69, 9.17) is 0 Å². The van der Waals surface area contributed by atoms with Crippen LogP contribution in [0, 0.1) is 5.82 Å². The van der Waals surface area contributed by atoms with Gasteiger partial charge in [0.05, 0.1) is 0 Å². The van der Waals surface area contributed by atoms with E-state index < -0.39 is 5.92 Å². The quantitative estimate of drug-likeness (QED) is 0.551. The molecule has 1 nitrogen and oxygen atoms in total. The van der Waals surface area contributed by atoms with E-state index in [-0.39, 0.29) is 5.82 Å². The molecule has 0 aliphatic carbocycles. The van der Waals surface area contributed by atoms with E-state index in [0.717, 1.165) is 0 Å². The zero-order valence-electron chi connectivity index (χ0n) is 6.62. The summed E-state index contributed by atoms with van der Waals surface area (Å²) >= 11 is 4.06. The Morgan fingerprint density at radius 3 is 2.75 bits per heavy atom. The summed E-state index contributed by atoms with van der Waals surface area (Å²) in [7, 11) is 0. The first-order valence-corrected chi connectivity index (χ1v) is 4.04. The Hall–Kier alpha value is -0.830. The lowest BCUT2D eigenvalue weighted by Crippen LogP contribution is -1.99. The lowest BCUT2D eigenvalue weighted by molar-refractivity contribution is -0.108. The third-order valence-electron chi connectivity index (χ3n) is 1.69. The van der Waals surface area contributed by atoms with Crippen LogP contribution in [-0.2, 0) is 4.79 Å². The minimum absolute atomic E-state index is 0.371. The predicted molar refractivity (Wildman–Crippen MR) is 48.1 cm³/mol. The highest BCUT2D eigenvalue weighted by Gasteiger charge is 2.12. The third-order valence-corrected chi connectivity index (χ3v) is 2.08. The Kier molecular flexibility index (Phi) is 2.87. The zero-order valence-corrected chi connectivity index (χ0v) is 7.51. The van der Waals surface area contributed by atoms with Gasteiger partial charge >= 0.3 is 0 Å². The minimum atomic E-state index is -0.432. The summed E-state index contributed by atoms with van der Waals surface area (Å²) in [5, 5.41) is 0. The summed E-state index contributed by atoms with van der Waals surface area (Å²) < 4.78 is 13.1. The summed E-state index contributed by atoms with van der Waals surface area (Å²) in [5.41, 5.74) is 0.371. The van der Waals surface area contributed by atoms with E-state index in [0.29, 0.717) is 16.7 Å². The van der Waals surface area contributed by atoms with E-state index >= 15 is 0 Å². The molecule has 0 saturated carbocycles. The average Bonchev–Trinajstić information content (AvgIpc) is 2.03. The largest absolute Gasteiger partial charge is 0.303 e. The summed E-state index contributed by atoms with van der Waals surface area (Å²) in [4.78, 5) is 10.9. The maximum Gasteiger partial charge on any atom is 0.128 e. The first kappa shape index (κ1) is 9.26. The normalized spacial score (nSPS) is 12.6. The first-order valence-electron chi connectivity index (χ1n) is 3.59. The molecule has 0 spiro atoms. The van der Waals surface area contributed by atoms with Gasteiger partial charge in [0.1, 0.15) is 12.1 Å². The molecule has 0 saturated heterocycles. The molecule has 1 atom stereocenters. The number of halogens is 1. The van der Waals surface area contributed by atoms with Crippen LogP contribution in [0.1, 0.15) is 18.4 Å². The van der Waals surface area contributed by atoms with Crippen LogP contribution in [0.2, 0.25) is 0 Å². The van der Waals surface area contributed by atoms with Crippen molar-refractivity contribution in [3.8, 4) is 0 Å². The number of carbonyl (C=O) groups excluding carboxylic acids is 1. The monoisotopic (exact) mass is 184 g/mol. The van der Waals surface area contributed by atoms with Crippen LogP contribution in [0.4, 0.5) is 4.39 Å². The molecule has 0 aliphatic rings. The standard InChI is InChI=1S/C9H9FOS/c1-6(5-11)9-7(10)3-2-4-8(9)12/h2-6,12H,1H3. The Morgan fingerprint density at radius 2 is 2.25 bits per heavy atom. The van der Waals surface area contributed by atoms with Gasteiger partial charge in [0, 0.05) is 16.4 Å². The zero-order chi connectivity index (χ0) is 9.14. The van der Waals surface area contributed by atoms with Gasteiger partial charge in [-0.25, -0.2) is 4.39 Å². The van der Waals surface area contributed by atoms with Gasteiger partial charge in [0.25, 0.3) is 0 Å². The highest BCUT2D eigenvalue weighted by atomic mass is 32.1. The number of benzene rings is 1. The van der Waals surface area contributed by atoms with Crippen molar-refractivity contribution in [2.75, 3.05) is 0 Å². The Morgan fingerprint density at radius 1 is 1.58 bits per heavy atom. The number of hydrogen-bond donors (Lipinski definition) is 1. The summed E-state index contributed by atoms with van der Waals surface area (Å²) in [6, 6.07) is 4.56. The maximum absolute atomic E-state index is 13.1. The van der Waals surface area contributed by atoms with Gasteiger partial charge < -0.3 is 4.79 Å². The average molecular weight is 184 g/mol. The fourth-order valence-corrected chi connectivity index (χ4v) is 1.44. The first-order chi connectivity index (χ1) is 5.66. The van der Waals surface area contributed by atoms with Crippen LogP contribution in [0.25, 0.3) is 0 Å². The van der Waals surface area contributed by atoms with Crippen molar-refractivity contribution in [3.63, 3.8) is 0 Å². The lowest BCUT2D eigenvalue weighted by Gasteiger charge is -2.07. The molecule has 3 heteroatoms. The van der Waals surface area contributed by atoms with Crippen LogP contribution in [-0.4, -0.2) is 6.29 Å². The third kappa shape index (κ3) is 1.67. The summed E-state index contributed by atoms with van der Waals surface area (Å²) in [6.07, 6.45) is 0.706. The molecule has 0 heterocycles. The van der Waals surface area contributed by atoms with Crippen LogP contribution in [0.15, 0.2) is 23.1 Å². The molecule has 1 rings (SSSR count). The Bertz CT molecular complexity index is 278. The van der Waals surface area contributed by atoms with Gasteiger partial charge in [-0.2, -0.15) is 0 Å². The molecule has 0 bridgehead atoms. The molecule has 1 aromatic rings. The van der Waals surface area contributed by atoms with E-state index in [1.165, 1.54) is 6.07 Å². The topological polar surface area (TPSA) is 17.1 Å². The second kappa shape index (κ2) is 3.72. The SMILES string of the molecule is CC(C=O)c1c(F)cccc1S. The van der Waals surface area contributed by atoms with Gasteiger partial charge in [-0.1, -0.05) is 13.0 Å². The lowest BCUT2D eigenvalue weighted by atomic mass is 10.0. The van der Waals surface area contributed by atoms with Crippen molar-refractivity contribution in [3.05, 3.63) is 29.6 Å². The molecule has 0 aliphatic heterocycles. The van der Waals surface area contributed by atoms with Crippen molar-refractivity contribution >= 4 is 18.9 Å². The smallest absolute Gasteiger partial charge is 0.128 e. The van der Waals surface area contributed by atoms with Gasteiger partial charge in [-0.05, 0) is 12.1 Å². The fraction of sp³-hybridized carbons (Fsp3) is 0.222. The molecule has 0 amide bonds. The predicted octanol–water partition coefficient (Wildman–Crippen LogP) is 2.42. The van der Waals surface area contributed by atoms with Crippen molar-refractivity contribution in [1.29, 1.82) is 0 Å². The molecule has 0 radical (unpaired) electrons. The van der Waals surface area contributed by atoms with Crippen molar-refractivity contribution in [1.82, 2.24) is 0 Å². The highest BCUT2D eigenvalue weighted by Crippen LogP contribution is 2.24. The Balaban J connectivity index is 3.20. The Labute approximate surface area is 76.0 Å². The van der Waals surface area contributed by atoms with Gasteiger partial charge in [0.2, 0.25) is 0 Å². The van der Waals surface area contributed by atoms with E-state index in [2.05, 4.69) is 12.6 Å². The maximum atomic E-state index is 13.1. The number of thiol groups is 1. The molecule has 64 valence electrons. The van der Waals surface area contributed by atoms with E-state index in [9.17, 15) is 9.18 Å². The molecule has 0 aromatic heterocycles. The van der Waals surface area contributed by atoms with Crippen LogP contribution < -0.4 is 0 Å². The van der Waals surface area contributed by atoms with Crippen LogP contribution >= 0.6 is 12.6 Å². The summed E-state index contributed by atoms with van der Waals surface area (Å²) in [5.74, 6) is -0.805. The molecule has 1 aromatic carbocycles. The number of aldehydes is 1. The number of hydrogen-bond acceptors (Lipinski definition) is 2. The summed E-state index contributed by atoms with van der Waals surface area (Å²) in [6.45, 7) is 1.64. The van der Waals surface area contributed by atoms with Crippen molar-refractivity contribution < 1.29 is 9.18 Å². The number of rotatable bonds is 2. The molecule has 0 fully saturated rings. The second-order valence-corrected chi connectivity index (χ2v) is 3.08. The number of carbonyl (C=O) groups is 1. The fourth-order valence-electron chi connectivity index (χ4n) is 1.04. The van der Waals surface area contributed by atoms with Crippen molar-refractivity contribution in [2.45, 2.75) is 17.7 Å². The van der Waals surface area contributed by atoms with Crippen LogP contribution in [0.5, 0.6) is 0 Å². The molecule has 1 unspecified atom stereocenters. The molecule has 12 heavy (non-hydrogen) atoms. The van der Waals surface area contributed by atoms with Crippen molar-refractivity contribution in [2.24, 2.45) is 0 Å². The molecular weight excluding hydrogens is 175 g/mol. The van der Waals surface area contributed by atoms with Gasteiger partial charge in [-0.3, -0.25) is 0 Å². The molecule has 0 N–H and O–H groups in total. The van der Waals surface area contributed by atoms with Crippen LogP contribution in [0.3, 0.4) is 0 Å². The highest BCUT2D eigenvalue weighted by molar-refractivity contribution is 7.80. The second-order valence-electron chi connectivity index (χ2n) is 2.60. The van der Waals surface area contributed by atoms with E-state index in [1.54, 1.807) is 19.1 Å². The van der Waals surface area contributed by atoms with Gasteiger partial charge in [0.15, 0.2) is 0 Å². The minimum Gasteiger partial charge on any atom is -0.303 e. The van der Waals surface area contributed by atoms with E-state index in [1.807, 2.05) is 0 Å².